The molecular formula is C35H31N5O4. The molecule has 0 saturated heterocycles. The minimum absolute atomic E-state index is 0.125. The number of phenols is 1. The van der Waals surface area contributed by atoms with Crippen molar-refractivity contribution in [3.63, 3.8) is 0 Å². The smallest absolute Gasteiger partial charge is 0.335 e. The van der Waals surface area contributed by atoms with Gasteiger partial charge in [-0.3, -0.25) is 14.6 Å². The molecule has 9 nitrogen and oxygen atoms in total. The molecule has 4 aromatic carbocycles. The van der Waals surface area contributed by atoms with E-state index in [1.165, 1.54) is 11.0 Å². The molecule has 0 atom stereocenters. The minimum Gasteiger partial charge on any atom is -0.507 e. The van der Waals surface area contributed by atoms with Gasteiger partial charge in [-0.15, -0.1) is 0 Å². The van der Waals surface area contributed by atoms with Gasteiger partial charge in [0.2, 0.25) is 5.95 Å². The van der Waals surface area contributed by atoms with Crippen molar-refractivity contribution in [2.45, 2.75) is 19.4 Å². The zero-order valence-electron chi connectivity index (χ0n) is 24.2. The topological polar surface area (TPSA) is 99.1 Å². The van der Waals surface area contributed by atoms with E-state index in [2.05, 4.69) is 4.98 Å². The van der Waals surface area contributed by atoms with Crippen LogP contribution < -0.4 is 19.4 Å². The third-order valence-corrected chi connectivity index (χ3v) is 7.50. The predicted molar refractivity (Wildman–Crippen MR) is 170 cm³/mol. The van der Waals surface area contributed by atoms with E-state index < -0.39 is 5.91 Å². The third kappa shape index (κ3) is 5.80. The van der Waals surface area contributed by atoms with Crippen LogP contribution in [0.15, 0.2) is 115 Å². The lowest BCUT2D eigenvalue weighted by Crippen LogP contribution is -2.46. The zero-order chi connectivity index (χ0) is 30.5. The van der Waals surface area contributed by atoms with Crippen molar-refractivity contribution in [3.8, 4) is 11.5 Å². The molecule has 1 aromatic heterocycles. The number of aromatic nitrogens is 2. The number of hydrogen-bond donors (Lipinski definition) is 1. The van der Waals surface area contributed by atoms with Crippen molar-refractivity contribution in [3.05, 3.63) is 132 Å². The fourth-order valence-corrected chi connectivity index (χ4v) is 5.23. The van der Waals surface area contributed by atoms with Gasteiger partial charge in [0.1, 0.15) is 11.5 Å². The lowest BCUT2D eigenvalue weighted by Gasteiger charge is -2.36. The summed E-state index contributed by atoms with van der Waals surface area (Å²) in [5, 5.41) is 10.5. The number of urea groups is 1. The number of aryl methyl sites for hydroxylation is 1. The Labute approximate surface area is 255 Å². The zero-order valence-corrected chi connectivity index (χ0v) is 24.2. The monoisotopic (exact) mass is 585 g/mol. The van der Waals surface area contributed by atoms with E-state index >= 15 is 0 Å². The number of fused-ring (bicyclic) bond motifs is 1. The summed E-state index contributed by atoms with van der Waals surface area (Å²) in [6.07, 6.45) is 3.04. The Kier molecular flexibility index (Phi) is 8.18. The molecule has 9 heteroatoms. The maximum Gasteiger partial charge on any atom is 0.335 e. The Morgan fingerprint density at radius 1 is 0.886 bits per heavy atom. The fraction of sp³-hybridized carbons (Fsp3) is 0.143. The standard InChI is InChI=1S/C35H31N5O4/c1-44-29-20-18-27(19-21-29)39-24-26-23-36-34(37-32(26)40(35(39)43)28-14-6-3-7-15-28)38(22-10-13-25-11-4-2-5-12-25)33(42)30-16-8-9-17-31(30)41/h2-9,11-12,14-21,23,41H,10,13,22,24H2,1H3. The van der Waals surface area contributed by atoms with Gasteiger partial charge in [0.25, 0.3) is 5.91 Å². The first-order chi connectivity index (χ1) is 21.5. The summed E-state index contributed by atoms with van der Waals surface area (Å²) in [6.45, 7) is 0.545. The molecule has 0 radical (unpaired) electrons. The molecular weight excluding hydrogens is 554 g/mol. The van der Waals surface area contributed by atoms with Crippen LogP contribution in [0.2, 0.25) is 0 Å². The van der Waals surface area contributed by atoms with Gasteiger partial charge in [-0.05, 0) is 66.9 Å². The lowest BCUT2D eigenvalue weighted by atomic mass is 10.1. The highest BCUT2D eigenvalue weighted by Crippen LogP contribution is 2.37. The van der Waals surface area contributed by atoms with Gasteiger partial charge in [-0.25, -0.2) is 14.7 Å². The first kappa shape index (κ1) is 28.4. The maximum absolute atomic E-state index is 14.1. The first-order valence-electron chi connectivity index (χ1n) is 14.3. The van der Waals surface area contributed by atoms with Crippen LogP contribution in [-0.4, -0.2) is 40.7 Å². The number of benzene rings is 4. The van der Waals surface area contributed by atoms with Crippen molar-refractivity contribution in [2.75, 3.05) is 28.4 Å². The van der Waals surface area contributed by atoms with Crippen LogP contribution in [0.4, 0.5) is 27.9 Å². The molecule has 3 amide bonds. The number of aromatic hydroxyl groups is 1. The van der Waals surface area contributed by atoms with Gasteiger partial charge < -0.3 is 9.84 Å². The number of carbonyl (C=O) groups excluding carboxylic acids is 2. The van der Waals surface area contributed by atoms with Crippen molar-refractivity contribution in [1.82, 2.24) is 9.97 Å². The van der Waals surface area contributed by atoms with Crippen LogP contribution >= 0.6 is 0 Å². The molecule has 6 rings (SSSR count). The van der Waals surface area contributed by atoms with Gasteiger partial charge in [0.05, 0.1) is 24.9 Å². The Morgan fingerprint density at radius 2 is 1.57 bits per heavy atom. The number of phenolic OH excluding ortho intramolecular Hbond substituents is 1. The molecule has 0 bridgehead atoms. The normalized spacial score (nSPS) is 12.5. The van der Waals surface area contributed by atoms with Gasteiger partial charge >= 0.3 is 6.03 Å². The molecule has 1 N–H and O–H groups in total. The Morgan fingerprint density at radius 3 is 2.27 bits per heavy atom. The van der Waals surface area contributed by atoms with E-state index in [4.69, 9.17) is 9.72 Å². The van der Waals surface area contributed by atoms with E-state index in [0.29, 0.717) is 41.5 Å². The number of anilines is 4. The number of nitrogens with zero attached hydrogens (tertiary/aromatic N) is 5. The molecule has 5 aromatic rings. The number of carbonyl (C=O) groups is 2. The van der Waals surface area contributed by atoms with E-state index in [9.17, 15) is 14.7 Å². The average Bonchev–Trinajstić information content (AvgIpc) is 3.07. The van der Waals surface area contributed by atoms with Crippen LogP contribution in [0, 0.1) is 0 Å². The van der Waals surface area contributed by atoms with Gasteiger partial charge in [0, 0.05) is 24.0 Å². The lowest BCUT2D eigenvalue weighted by molar-refractivity contribution is 0.0982. The van der Waals surface area contributed by atoms with Crippen molar-refractivity contribution in [2.24, 2.45) is 0 Å². The SMILES string of the molecule is COc1ccc(N2Cc3cnc(N(CCCc4ccccc4)C(=O)c4ccccc4O)nc3N(c3ccccc3)C2=O)cc1. The van der Waals surface area contributed by atoms with Crippen LogP contribution in [0.3, 0.4) is 0 Å². The number of para-hydroxylation sites is 2. The number of rotatable bonds is 9. The third-order valence-electron chi connectivity index (χ3n) is 7.50. The summed E-state index contributed by atoms with van der Waals surface area (Å²) in [5.41, 5.74) is 3.34. The van der Waals surface area contributed by atoms with Crippen LogP contribution in [0.5, 0.6) is 11.5 Å². The first-order valence-corrected chi connectivity index (χ1v) is 14.3. The second-order valence-electron chi connectivity index (χ2n) is 10.3. The van der Waals surface area contributed by atoms with Gasteiger partial charge in [0.15, 0.2) is 5.82 Å². The maximum atomic E-state index is 14.1. The van der Waals surface area contributed by atoms with Crippen molar-refractivity contribution < 1.29 is 19.4 Å². The van der Waals surface area contributed by atoms with E-state index in [-0.39, 0.29) is 29.8 Å². The Hall–Kier alpha value is -5.70. The largest absolute Gasteiger partial charge is 0.507 e. The van der Waals surface area contributed by atoms with Gasteiger partial charge in [-0.1, -0.05) is 60.7 Å². The second-order valence-corrected chi connectivity index (χ2v) is 10.3. The summed E-state index contributed by atoms with van der Waals surface area (Å²) in [6, 6.07) is 32.7. The summed E-state index contributed by atoms with van der Waals surface area (Å²) < 4.78 is 5.30. The highest BCUT2D eigenvalue weighted by atomic mass is 16.5. The molecule has 1 aliphatic heterocycles. The summed E-state index contributed by atoms with van der Waals surface area (Å²) in [5.74, 6) is 0.683. The molecule has 44 heavy (non-hydrogen) atoms. The summed E-state index contributed by atoms with van der Waals surface area (Å²) in [4.78, 5) is 42.1. The second kappa shape index (κ2) is 12.7. The van der Waals surface area contributed by atoms with Crippen molar-refractivity contribution in [1.29, 1.82) is 0 Å². The average molecular weight is 586 g/mol. The summed E-state index contributed by atoms with van der Waals surface area (Å²) in [7, 11) is 1.60. The number of amides is 3. The number of methoxy groups -OCH3 is 1. The van der Waals surface area contributed by atoms with E-state index in [0.717, 1.165) is 12.0 Å². The molecule has 1 aliphatic rings. The van der Waals surface area contributed by atoms with E-state index in [1.54, 1.807) is 41.3 Å². The van der Waals surface area contributed by atoms with Crippen LogP contribution in [0.1, 0.15) is 27.9 Å². The molecule has 220 valence electrons. The number of ether oxygens (including phenoxy) is 1. The van der Waals surface area contributed by atoms with Crippen LogP contribution in [0.25, 0.3) is 0 Å². The predicted octanol–water partition coefficient (Wildman–Crippen LogP) is 6.75. The fourth-order valence-electron chi connectivity index (χ4n) is 5.23. The minimum atomic E-state index is -0.427. The molecule has 0 fully saturated rings. The number of hydrogen-bond acceptors (Lipinski definition) is 6. The Balaban J connectivity index is 1.39. The van der Waals surface area contributed by atoms with Crippen molar-refractivity contribution >= 4 is 35.1 Å². The van der Waals surface area contributed by atoms with Gasteiger partial charge in [-0.2, -0.15) is 4.98 Å². The molecule has 0 spiro atoms. The quantitative estimate of drug-likeness (QED) is 0.206. The van der Waals surface area contributed by atoms with Crippen LogP contribution in [-0.2, 0) is 13.0 Å². The highest BCUT2D eigenvalue weighted by molar-refractivity contribution is 6.11. The molecule has 0 aliphatic carbocycles. The molecule has 0 unspecified atom stereocenters. The highest BCUT2D eigenvalue weighted by Gasteiger charge is 2.35. The Bertz CT molecular complexity index is 1760. The molecule has 2 heterocycles. The van der Waals surface area contributed by atoms with E-state index in [1.807, 2.05) is 84.9 Å². The summed E-state index contributed by atoms with van der Waals surface area (Å²) >= 11 is 0. The molecule has 0 saturated carbocycles.